The summed E-state index contributed by atoms with van der Waals surface area (Å²) in [6.45, 7) is 6.73. The highest BCUT2D eigenvalue weighted by atomic mass is 16.2. The molecular formula is C16H26N2O. The maximum atomic E-state index is 12.1. The SMILES string of the molecule is CN(CCCc1ccccc1)C(=O)C(N)C(C)(C)C. The molecular weight excluding hydrogens is 236 g/mol. The zero-order valence-corrected chi connectivity index (χ0v) is 12.5. The quantitative estimate of drug-likeness (QED) is 0.886. The summed E-state index contributed by atoms with van der Waals surface area (Å²) in [5.41, 5.74) is 7.11. The zero-order chi connectivity index (χ0) is 14.5. The van der Waals surface area contributed by atoms with Gasteiger partial charge in [-0.05, 0) is 23.8 Å². The van der Waals surface area contributed by atoms with E-state index in [0.29, 0.717) is 0 Å². The molecule has 3 nitrogen and oxygen atoms in total. The van der Waals surface area contributed by atoms with Crippen molar-refractivity contribution >= 4 is 5.91 Å². The molecule has 0 aliphatic carbocycles. The normalized spacial score (nSPS) is 13.1. The van der Waals surface area contributed by atoms with Crippen LogP contribution in [0.5, 0.6) is 0 Å². The lowest BCUT2D eigenvalue weighted by Crippen LogP contribution is -2.49. The fourth-order valence-corrected chi connectivity index (χ4v) is 1.88. The Kier molecular flexibility index (Phi) is 5.55. The van der Waals surface area contributed by atoms with Crippen LogP contribution in [0.1, 0.15) is 32.8 Å². The Hall–Kier alpha value is -1.35. The van der Waals surface area contributed by atoms with Crippen LogP contribution in [-0.2, 0) is 11.2 Å². The predicted octanol–water partition coefficient (Wildman–Crippen LogP) is 2.45. The van der Waals surface area contributed by atoms with Crippen molar-refractivity contribution in [1.29, 1.82) is 0 Å². The second-order valence-electron chi connectivity index (χ2n) is 6.19. The van der Waals surface area contributed by atoms with Crippen molar-refractivity contribution in [3.63, 3.8) is 0 Å². The second kappa shape index (κ2) is 6.71. The van der Waals surface area contributed by atoms with Crippen LogP contribution in [0.15, 0.2) is 30.3 Å². The predicted molar refractivity (Wildman–Crippen MR) is 79.8 cm³/mol. The van der Waals surface area contributed by atoms with Crippen LogP contribution >= 0.6 is 0 Å². The lowest BCUT2D eigenvalue weighted by atomic mass is 9.86. The summed E-state index contributed by atoms with van der Waals surface area (Å²) in [5.74, 6) is 0.0283. The molecule has 1 unspecified atom stereocenters. The van der Waals surface area contributed by atoms with Gasteiger partial charge in [-0.1, -0.05) is 51.1 Å². The molecule has 1 amide bonds. The first kappa shape index (κ1) is 15.7. The molecule has 0 saturated carbocycles. The molecule has 1 atom stereocenters. The third-order valence-electron chi connectivity index (χ3n) is 3.38. The molecule has 0 bridgehead atoms. The minimum absolute atomic E-state index is 0.0283. The number of nitrogens with zero attached hydrogens (tertiary/aromatic N) is 1. The van der Waals surface area contributed by atoms with E-state index in [-0.39, 0.29) is 11.3 Å². The number of nitrogens with two attached hydrogens (primary N) is 1. The van der Waals surface area contributed by atoms with Crippen LogP contribution < -0.4 is 5.73 Å². The largest absolute Gasteiger partial charge is 0.344 e. The van der Waals surface area contributed by atoms with Gasteiger partial charge in [0.15, 0.2) is 0 Å². The van der Waals surface area contributed by atoms with E-state index in [2.05, 4.69) is 12.1 Å². The third-order valence-corrected chi connectivity index (χ3v) is 3.38. The van der Waals surface area contributed by atoms with Crippen molar-refractivity contribution in [2.75, 3.05) is 13.6 Å². The van der Waals surface area contributed by atoms with E-state index in [1.807, 2.05) is 46.0 Å². The first-order valence-corrected chi connectivity index (χ1v) is 6.87. The summed E-state index contributed by atoms with van der Waals surface area (Å²) < 4.78 is 0. The molecule has 1 rings (SSSR count). The number of benzene rings is 1. The molecule has 0 radical (unpaired) electrons. The van der Waals surface area contributed by atoms with Gasteiger partial charge in [0.2, 0.25) is 5.91 Å². The number of carbonyl (C=O) groups excluding carboxylic acids is 1. The van der Waals surface area contributed by atoms with Crippen LogP contribution in [0, 0.1) is 5.41 Å². The van der Waals surface area contributed by atoms with Crippen molar-refractivity contribution < 1.29 is 4.79 Å². The maximum Gasteiger partial charge on any atom is 0.239 e. The highest BCUT2D eigenvalue weighted by Crippen LogP contribution is 2.18. The van der Waals surface area contributed by atoms with E-state index in [0.717, 1.165) is 19.4 Å². The fraction of sp³-hybridized carbons (Fsp3) is 0.562. The number of carbonyl (C=O) groups is 1. The van der Waals surface area contributed by atoms with E-state index in [1.165, 1.54) is 5.56 Å². The molecule has 0 fully saturated rings. The summed E-state index contributed by atoms with van der Waals surface area (Å²) in [7, 11) is 1.83. The molecule has 3 heteroatoms. The monoisotopic (exact) mass is 262 g/mol. The third kappa shape index (κ3) is 5.03. The number of aryl methyl sites for hydroxylation is 1. The molecule has 1 aromatic rings. The van der Waals surface area contributed by atoms with Gasteiger partial charge >= 0.3 is 0 Å². The molecule has 0 aliphatic heterocycles. The first-order chi connectivity index (χ1) is 8.82. The lowest BCUT2D eigenvalue weighted by molar-refractivity contribution is -0.133. The van der Waals surface area contributed by atoms with Crippen LogP contribution in [0.25, 0.3) is 0 Å². The van der Waals surface area contributed by atoms with Gasteiger partial charge in [-0.3, -0.25) is 4.79 Å². The van der Waals surface area contributed by atoms with Crippen LogP contribution in [0.3, 0.4) is 0 Å². The van der Waals surface area contributed by atoms with Crippen molar-refractivity contribution in [2.45, 2.75) is 39.7 Å². The number of amides is 1. The number of rotatable bonds is 5. The Labute approximate surface area is 116 Å². The molecule has 0 saturated heterocycles. The average molecular weight is 262 g/mol. The van der Waals surface area contributed by atoms with Crippen molar-refractivity contribution in [2.24, 2.45) is 11.1 Å². The Morgan fingerprint density at radius 1 is 1.26 bits per heavy atom. The molecule has 2 N–H and O–H groups in total. The Morgan fingerprint density at radius 3 is 2.37 bits per heavy atom. The van der Waals surface area contributed by atoms with E-state index < -0.39 is 6.04 Å². The van der Waals surface area contributed by atoms with Gasteiger partial charge < -0.3 is 10.6 Å². The van der Waals surface area contributed by atoms with Crippen LogP contribution in [-0.4, -0.2) is 30.4 Å². The summed E-state index contributed by atoms with van der Waals surface area (Å²) in [4.78, 5) is 13.9. The van der Waals surface area contributed by atoms with Gasteiger partial charge in [0, 0.05) is 13.6 Å². The molecule has 0 aromatic heterocycles. The number of hydrogen-bond acceptors (Lipinski definition) is 2. The van der Waals surface area contributed by atoms with Crippen LogP contribution in [0.4, 0.5) is 0 Å². The summed E-state index contributed by atoms with van der Waals surface area (Å²) in [5, 5.41) is 0. The zero-order valence-electron chi connectivity index (χ0n) is 12.5. The number of likely N-dealkylation sites (N-methyl/N-ethyl adjacent to an activating group) is 1. The minimum Gasteiger partial charge on any atom is -0.344 e. The van der Waals surface area contributed by atoms with Gasteiger partial charge in [-0.2, -0.15) is 0 Å². The van der Waals surface area contributed by atoms with Crippen molar-refractivity contribution in [3.05, 3.63) is 35.9 Å². The highest BCUT2D eigenvalue weighted by Gasteiger charge is 2.29. The van der Waals surface area contributed by atoms with Gasteiger partial charge in [0.1, 0.15) is 0 Å². The standard InChI is InChI=1S/C16H26N2O/c1-16(2,3)14(17)15(19)18(4)12-8-11-13-9-6-5-7-10-13/h5-7,9-10,14H,8,11-12,17H2,1-4H3. The number of hydrogen-bond donors (Lipinski definition) is 1. The van der Waals surface area contributed by atoms with Crippen molar-refractivity contribution in [1.82, 2.24) is 4.90 Å². The molecule has 0 spiro atoms. The molecule has 19 heavy (non-hydrogen) atoms. The molecule has 0 heterocycles. The van der Waals surface area contributed by atoms with Gasteiger partial charge in [-0.25, -0.2) is 0 Å². The second-order valence-corrected chi connectivity index (χ2v) is 6.19. The van der Waals surface area contributed by atoms with E-state index in [1.54, 1.807) is 4.90 Å². The topological polar surface area (TPSA) is 46.3 Å². The Morgan fingerprint density at radius 2 is 1.84 bits per heavy atom. The summed E-state index contributed by atoms with van der Waals surface area (Å²) in [6, 6.07) is 9.89. The smallest absolute Gasteiger partial charge is 0.239 e. The maximum absolute atomic E-state index is 12.1. The first-order valence-electron chi connectivity index (χ1n) is 6.87. The molecule has 1 aromatic carbocycles. The van der Waals surface area contributed by atoms with Gasteiger partial charge in [0.05, 0.1) is 6.04 Å². The Balaban J connectivity index is 2.39. The summed E-state index contributed by atoms with van der Waals surface area (Å²) >= 11 is 0. The Bertz CT molecular complexity index is 395. The van der Waals surface area contributed by atoms with Gasteiger partial charge in [0.25, 0.3) is 0 Å². The molecule has 0 aliphatic rings. The van der Waals surface area contributed by atoms with Gasteiger partial charge in [-0.15, -0.1) is 0 Å². The highest BCUT2D eigenvalue weighted by molar-refractivity contribution is 5.82. The average Bonchev–Trinajstić information content (AvgIpc) is 2.37. The minimum atomic E-state index is -0.436. The van der Waals surface area contributed by atoms with E-state index in [4.69, 9.17) is 5.73 Å². The fourth-order valence-electron chi connectivity index (χ4n) is 1.88. The van der Waals surface area contributed by atoms with Crippen molar-refractivity contribution in [3.8, 4) is 0 Å². The van der Waals surface area contributed by atoms with Crippen LogP contribution in [0.2, 0.25) is 0 Å². The molecule has 106 valence electrons. The van der Waals surface area contributed by atoms with E-state index >= 15 is 0 Å². The van der Waals surface area contributed by atoms with E-state index in [9.17, 15) is 4.79 Å². The lowest BCUT2D eigenvalue weighted by Gasteiger charge is -2.30. The summed E-state index contributed by atoms with van der Waals surface area (Å²) in [6.07, 6.45) is 1.95.